The summed E-state index contributed by atoms with van der Waals surface area (Å²) in [6.45, 7) is 10.5. The molecule has 0 bridgehead atoms. The largest absolute Gasteiger partial charge is 0.491 e. The zero-order valence-corrected chi connectivity index (χ0v) is 25.1. The summed E-state index contributed by atoms with van der Waals surface area (Å²) in [7, 11) is 0. The second-order valence-electron chi connectivity index (χ2n) is 10.6. The Morgan fingerprint density at radius 3 is 2.65 bits per heavy atom. The highest BCUT2D eigenvalue weighted by molar-refractivity contribution is 6.32. The highest BCUT2D eigenvalue weighted by atomic mass is 35.5. The minimum atomic E-state index is -0.267. The Labute approximate surface area is 254 Å². The van der Waals surface area contributed by atoms with Crippen molar-refractivity contribution < 1.29 is 19.0 Å². The van der Waals surface area contributed by atoms with Crippen molar-refractivity contribution in [1.82, 2.24) is 34.7 Å². The van der Waals surface area contributed by atoms with E-state index in [9.17, 15) is 4.79 Å². The SMILES string of the molecule is Cc1c(Cl)cc(C(C)Nc2ncnc3[nH]cnc23)c(OCCN2CCOCC2)c1-c1cncc(C(=O)N2CCOCC2)c1. The van der Waals surface area contributed by atoms with E-state index < -0.39 is 0 Å². The number of aromatic amines is 1. The maximum absolute atomic E-state index is 13.4. The number of amides is 1. The van der Waals surface area contributed by atoms with E-state index in [0.717, 1.165) is 41.9 Å². The van der Waals surface area contributed by atoms with Gasteiger partial charge in [-0.1, -0.05) is 11.6 Å². The van der Waals surface area contributed by atoms with Crippen molar-refractivity contribution in [3.05, 3.63) is 58.9 Å². The van der Waals surface area contributed by atoms with E-state index >= 15 is 0 Å². The van der Waals surface area contributed by atoms with E-state index in [1.54, 1.807) is 23.6 Å². The van der Waals surface area contributed by atoms with Gasteiger partial charge in [-0.05, 0) is 31.5 Å². The third-order valence-electron chi connectivity index (χ3n) is 7.87. The monoisotopic (exact) mass is 606 g/mol. The fraction of sp³-hybridized carbons (Fsp3) is 0.433. The van der Waals surface area contributed by atoms with E-state index in [-0.39, 0.29) is 11.9 Å². The molecule has 2 fully saturated rings. The average Bonchev–Trinajstić information content (AvgIpc) is 3.53. The number of fused-ring (bicyclic) bond motifs is 1. The summed E-state index contributed by atoms with van der Waals surface area (Å²) in [5, 5.41) is 4.06. The van der Waals surface area contributed by atoms with Crippen LogP contribution >= 0.6 is 11.6 Å². The van der Waals surface area contributed by atoms with Gasteiger partial charge in [0, 0.05) is 66.8 Å². The number of hydrogen-bond acceptors (Lipinski definition) is 10. The van der Waals surface area contributed by atoms with Crippen molar-refractivity contribution in [2.24, 2.45) is 0 Å². The van der Waals surface area contributed by atoms with E-state index in [4.69, 9.17) is 25.8 Å². The number of H-pyrrole nitrogens is 1. The van der Waals surface area contributed by atoms with Crippen molar-refractivity contribution >= 4 is 34.5 Å². The van der Waals surface area contributed by atoms with Gasteiger partial charge in [0.25, 0.3) is 5.91 Å². The smallest absolute Gasteiger partial charge is 0.255 e. The first-order chi connectivity index (χ1) is 21.0. The Morgan fingerprint density at radius 2 is 1.86 bits per heavy atom. The minimum Gasteiger partial charge on any atom is -0.491 e. The first-order valence-electron chi connectivity index (χ1n) is 14.5. The normalized spacial score (nSPS) is 16.8. The molecule has 5 heterocycles. The van der Waals surface area contributed by atoms with Gasteiger partial charge in [0.05, 0.1) is 44.4 Å². The van der Waals surface area contributed by atoms with Crippen LogP contribution in [0.5, 0.6) is 5.75 Å². The Morgan fingerprint density at radius 1 is 1.09 bits per heavy atom. The summed E-state index contributed by atoms with van der Waals surface area (Å²) in [4.78, 5) is 38.0. The molecule has 12 nitrogen and oxygen atoms in total. The molecule has 226 valence electrons. The van der Waals surface area contributed by atoms with Crippen LogP contribution in [-0.2, 0) is 9.47 Å². The van der Waals surface area contributed by atoms with Crippen molar-refractivity contribution in [3.8, 4) is 16.9 Å². The lowest BCUT2D eigenvalue weighted by Crippen LogP contribution is -2.40. The molecule has 1 aromatic carbocycles. The number of carbonyl (C=O) groups excluding carboxylic acids is 1. The number of carbonyl (C=O) groups is 1. The Balaban J connectivity index is 1.37. The predicted octanol–water partition coefficient (Wildman–Crippen LogP) is 3.73. The molecule has 2 aliphatic rings. The Hall–Kier alpha value is -3.84. The van der Waals surface area contributed by atoms with Gasteiger partial charge in [-0.3, -0.25) is 14.7 Å². The number of ether oxygens (including phenoxy) is 3. The van der Waals surface area contributed by atoms with Crippen LogP contribution in [0.2, 0.25) is 5.02 Å². The van der Waals surface area contributed by atoms with E-state index in [1.165, 1.54) is 6.33 Å². The number of halogens is 1. The number of pyridine rings is 1. The van der Waals surface area contributed by atoms with Gasteiger partial charge in [-0.25, -0.2) is 15.0 Å². The molecule has 0 aliphatic carbocycles. The predicted molar refractivity (Wildman–Crippen MR) is 163 cm³/mol. The summed E-state index contributed by atoms with van der Waals surface area (Å²) in [6, 6.07) is 3.54. The third-order valence-corrected chi connectivity index (χ3v) is 8.26. The number of aromatic nitrogens is 5. The van der Waals surface area contributed by atoms with Gasteiger partial charge >= 0.3 is 0 Å². The first kappa shape index (κ1) is 29.2. The average molecular weight is 607 g/mol. The molecular weight excluding hydrogens is 572 g/mol. The molecule has 2 aliphatic heterocycles. The van der Waals surface area contributed by atoms with Crippen LogP contribution in [-0.4, -0.2) is 106 Å². The molecule has 0 radical (unpaired) electrons. The summed E-state index contributed by atoms with van der Waals surface area (Å²) >= 11 is 6.89. The number of nitrogens with zero attached hydrogens (tertiary/aromatic N) is 6. The molecule has 4 aromatic rings. The first-order valence-corrected chi connectivity index (χ1v) is 14.9. The molecular formula is C30H35ClN8O4. The van der Waals surface area contributed by atoms with E-state index in [1.807, 2.05) is 26.0 Å². The van der Waals surface area contributed by atoms with Crippen molar-refractivity contribution in [2.45, 2.75) is 19.9 Å². The molecule has 1 unspecified atom stereocenters. The van der Waals surface area contributed by atoms with E-state index in [0.29, 0.717) is 79.4 Å². The molecule has 13 heteroatoms. The van der Waals surface area contributed by atoms with Crippen LogP contribution in [0, 0.1) is 6.92 Å². The lowest BCUT2D eigenvalue weighted by molar-refractivity contribution is 0.0302. The van der Waals surface area contributed by atoms with Gasteiger partial charge in [-0.2, -0.15) is 0 Å². The molecule has 2 N–H and O–H groups in total. The summed E-state index contributed by atoms with van der Waals surface area (Å²) in [5.41, 5.74) is 5.03. The van der Waals surface area contributed by atoms with Crippen molar-refractivity contribution in [1.29, 1.82) is 0 Å². The van der Waals surface area contributed by atoms with E-state index in [2.05, 4.69) is 35.1 Å². The Kier molecular flexibility index (Phi) is 8.98. The standard InChI is InChI=1S/C30H35ClN8O4/c1-19-24(31)14-23(20(2)37-29-26-28(34-17-33-26)35-18-36-29)27(43-12-5-38-3-8-41-9-4-38)25(19)21-13-22(16-32-15-21)30(40)39-6-10-42-11-7-39/h13-18,20H,3-12H2,1-2H3,(H2,33,34,35,36,37). The fourth-order valence-electron chi connectivity index (χ4n) is 5.47. The molecule has 0 spiro atoms. The molecule has 1 atom stereocenters. The number of hydrogen-bond donors (Lipinski definition) is 2. The highest BCUT2D eigenvalue weighted by Crippen LogP contribution is 2.43. The molecule has 43 heavy (non-hydrogen) atoms. The second-order valence-corrected chi connectivity index (χ2v) is 11.0. The molecule has 0 saturated carbocycles. The lowest BCUT2D eigenvalue weighted by atomic mass is 9.94. The van der Waals surface area contributed by atoms with Crippen LogP contribution in [0.25, 0.3) is 22.3 Å². The topological polar surface area (TPSA) is 131 Å². The molecule has 6 rings (SSSR count). The zero-order chi connectivity index (χ0) is 29.8. The molecule has 2 saturated heterocycles. The third kappa shape index (κ3) is 6.42. The summed E-state index contributed by atoms with van der Waals surface area (Å²) in [5.74, 6) is 1.20. The number of imidazole rings is 1. The van der Waals surface area contributed by atoms with Crippen molar-refractivity contribution in [3.63, 3.8) is 0 Å². The second kappa shape index (κ2) is 13.2. The van der Waals surface area contributed by atoms with Crippen LogP contribution in [0.15, 0.2) is 37.2 Å². The van der Waals surface area contributed by atoms with Gasteiger partial charge < -0.3 is 29.4 Å². The number of anilines is 1. The number of nitrogens with one attached hydrogen (secondary N) is 2. The summed E-state index contributed by atoms with van der Waals surface area (Å²) < 4.78 is 17.6. The molecule has 3 aromatic heterocycles. The van der Waals surface area contributed by atoms with Crippen LogP contribution in [0.3, 0.4) is 0 Å². The Bertz CT molecular complexity index is 1590. The van der Waals surface area contributed by atoms with Gasteiger partial charge in [0.15, 0.2) is 11.5 Å². The van der Waals surface area contributed by atoms with Gasteiger partial charge in [0.2, 0.25) is 0 Å². The summed E-state index contributed by atoms with van der Waals surface area (Å²) in [6.07, 6.45) is 6.44. The van der Waals surface area contributed by atoms with Crippen molar-refractivity contribution in [2.75, 3.05) is 71.1 Å². The lowest BCUT2D eigenvalue weighted by Gasteiger charge is -2.28. The minimum absolute atomic E-state index is 0.0749. The number of benzene rings is 1. The maximum Gasteiger partial charge on any atom is 0.255 e. The highest BCUT2D eigenvalue weighted by Gasteiger charge is 2.25. The van der Waals surface area contributed by atoms with Crippen LogP contribution in [0.1, 0.15) is 34.5 Å². The quantitative estimate of drug-likeness (QED) is 0.290. The van der Waals surface area contributed by atoms with Gasteiger partial charge in [-0.15, -0.1) is 0 Å². The van der Waals surface area contributed by atoms with Crippen LogP contribution in [0.4, 0.5) is 5.82 Å². The fourth-order valence-corrected chi connectivity index (χ4v) is 5.68. The number of morpholine rings is 2. The van der Waals surface area contributed by atoms with Gasteiger partial charge in [0.1, 0.15) is 24.2 Å². The molecule has 1 amide bonds. The number of rotatable bonds is 9. The zero-order valence-electron chi connectivity index (χ0n) is 24.3. The maximum atomic E-state index is 13.4. The van der Waals surface area contributed by atoms with Crippen LogP contribution < -0.4 is 10.1 Å².